The van der Waals surface area contributed by atoms with Crippen LogP contribution in [0.4, 0.5) is 17.5 Å². The van der Waals surface area contributed by atoms with Crippen LogP contribution in [0.15, 0.2) is 18.6 Å². The first-order valence-electron chi connectivity index (χ1n) is 7.84. The zero-order chi connectivity index (χ0) is 16.4. The number of nitrogens with one attached hydrogen (secondary N) is 2. The van der Waals surface area contributed by atoms with Gasteiger partial charge < -0.3 is 15.8 Å². The van der Waals surface area contributed by atoms with Crippen molar-refractivity contribution in [1.82, 2.24) is 34.8 Å². The summed E-state index contributed by atoms with van der Waals surface area (Å²) in [6, 6.07) is 0. The fourth-order valence-electron chi connectivity index (χ4n) is 2.66. The van der Waals surface area contributed by atoms with Crippen molar-refractivity contribution in [2.75, 3.05) is 43.9 Å². The first-order valence-corrected chi connectivity index (χ1v) is 7.84. The normalized spacial score (nSPS) is 15.8. The minimum atomic E-state index is 0.385. The van der Waals surface area contributed by atoms with Gasteiger partial charge in [-0.2, -0.15) is 20.2 Å². The molecule has 10 heteroatoms. The van der Waals surface area contributed by atoms with Gasteiger partial charge in [0.2, 0.25) is 5.95 Å². The van der Waals surface area contributed by atoms with Gasteiger partial charge in [0.25, 0.3) is 0 Å². The minimum Gasteiger partial charge on any atom is -0.383 e. The summed E-state index contributed by atoms with van der Waals surface area (Å²) >= 11 is 0. The molecule has 3 aromatic rings. The summed E-state index contributed by atoms with van der Waals surface area (Å²) in [5.74, 6) is 0.799. The number of nitrogen functional groups attached to an aromatic ring is 1. The molecular weight excluding hydrogens is 310 g/mol. The van der Waals surface area contributed by atoms with Gasteiger partial charge >= 0.3 is 0 Å². The Hall–Kier alpha value is -2.72. The second kappa shape index (κ2) is 6.42. The van der Waals surface area contributed by atoms with Gasteiger partial charge in [0.1, 0.15) is 5.82 Å². The highest BCUT2D eigenvalue weighted by atomic mass is 16.5. The molecule has 3 aromatic heterocycles. The molecule has 0 atom stereocenters. The van der Waals surface area contributed by atoms with Crippen molar-refractivity contribution in [3.8, 4) is 0 Å². The molecule has 10 nitrogen and oxygen atoms in total. The van der Waals surface area contributed by atoms with Gasteiger partial charge in [0, 0.05) is 25.8 Å². The second-order valence-corrected chi connectivity index (χ2v) is 5.64. The number of aromatic amines is 1. The summed E-state index contributed by atoms with van der Waals surface area (Å²) < 4.78 is 7.25. The maximum Gasteiger partial charge on any atom is 0.231 e. The van der Waals surface area contributed by atoms with Gasteiger partial charge in [-0.25, -0.2) is 0 Å². The van der Waals surface area contributed by atoms with Crippen LogP contribution >= 0.6 is 0 Å². The molecule has 0 saturated carbocycles. The Morgan fingerprint density at radius 3 is 2.96 bits per heavy atom. The lowest BCUT2D eigenvalue weighted by Gasteiger charge is -2.26. The first-order chi connectivity index (χ1) is 11.8. The van der Waals surface area contributed by atoms with Crippen molar-refractivity contribution < 1.29 is 4.74 Å². The number of nitrogens with zero attached hydrogens (tertiary/aromatic N) is 6. The molecule has 0 amide bonds. The summed E-state index contributed by atoms with van der Waals surface area (Å²) in [6.07, 6.45) is 5.28. The summed E-state index contributed by atoms with van der Waals surface area (Å²) in [5.41, 5.74) is 7.32. The van der Waals surface area contributed by atoms with E-state index in [-0.39, 0.29) is 0 Å². The standard InChI is InChI=1S/C14H19N9O/c15-12-11-8-16-21-13(11)20-14(19-12)18-10-7-17-23(9-10)2-1-22-3-5-24-6-4-22/h7-9H,1-6H2,(H4,15,16,18,19,20,21). The Bertz CT molecular complexity index is 821. The van der Waals surface area contributed by atoms with Crippen LogP contribution in [0.1, 0.15) is 0 Å². The van der Waals surface area contributed by atoms with Crippen molar-refractivity contribution in [2.45, 2.75) is 6.54 Å². The van der Waals surface area contributed by atoms with E-state index in [1.165, 1.54) is 0 Å². The maximum absolute atomic E-state index is 5.90. The van der Waals surface area contributed by atoms with Crippen LogP contribution in [0.3, 0.4) is 0 Å². The Morgan fingerprint density at radius 1 is 1.21 bits per heavy atom. The molecule has 24 heavy (non-hydrogen) atoms. The lowest BCUT2D eigenvalue weighted by Crippen LogP contribution is -2.38. The van der Waals surface area contributed by atoms with Crippen LogP contribution in [-0.2, 0) is 11.3 Å². The summed E-state index contributed by atoms with van der Waals surface area (Å²) in [7, 11) is 0. The molecule has 0 spiro atoms. The van der Waals surface area contributed by atoms with E-state index in [4.69, 9.17) is 10.5 Å². The number of fused-ring (bicyclic) bond motifs is 1. The monoisotopic (exact) mass is 329 g/mol. The zero-order valence-electron chi connectivity index (χ0n) is 13.1. The molecule has 0 unspecified atom stereocenters. The third-order valence-corrected chi connectivity index (χ3v) is 3.98. The lowest BCUT2D eigenvalue weighted by molar-refractivity contribution is 0.0360. The average molecular weight is 329 g/mol. The molecule has 4 N–H and O–H groups in total. The van der Waals surface area contributed by atoms with Gasteiger partial charge in [0.05, 0.1) is 43.2 Å². The predicted octanol–water partition coefficient (Wildman–Crippen LogP) is 0.207. The Morgan fingerprint density at radius 2 is 2.08 bits per heavy atom. The fraction of sp³-hybridized carbons (Fsp3) is 0.429. The van der Waals surface area contributed by atoms with Crippen molar-refractivity contribution in [3.63, 3.8) is 0 Å². The van der Waals surface area contributed by atoms with Crippen LogP contribution in [0.25, 0.3) is 11.0 Å². The van der Waals surface area contributed by atoms with E-state index in [0.29, 0.717) is 22.8 Å². The molecule has 1 aliphatic rings. The Balaban J connectivity index is 1.40. The number of morpholine rings is 1. The summed E-state index contributed by atoms with van der Waals surface area (Å²) in [4.78, 5) is 10.9. The quantitative estimate of drug-likeness (QED) is 0.607. The number of aromatic nitrogens is 6. The smallest absolute Gasteiger partial charge is 0.231 e. The van der Waals surface area contributed by atoms with Gasteiger partial charge in [-0.05, 0) is 0 Å². The van der Waals surface area contributed by atoms with E-state index in [2.05, 4.69) is 35.5 Å². The molecule has 4 heterocycles. The summed E-state index contributed by atoms with van der Waals surface area (Å²) in [5, 5.41) is 14.9. The van der Waals surface area contributed by atoms with E-state index in [1.807, 2.05) is 10.9 Å². The summed E-state index contributed by atoms with van der Waals surface area (Å²) in [6.45, 7) is 5.34. The highest BCUT2D eigenvalue weighted by Crippen LogP contribution is 2.19. The van der Waals surface area contributed by atoms with E-state index in [1.54, 1.807) is 12.4 Å². The van der Waals surface area contributed by atoms with Gasteiger partial charge in [-0.15, -0.1) is 0 Å². The molecule has 0 aliphatic carbocycles. The van der Waals surface area contributed by atoms with Crippen LogP contribution < -0.4 is 11.1 Å². The van der Waals surface area contributed by atoms with E-state index >= 15 is 0 Å². The van der Waals surface area contributed by atoms with Gasteiger partial charge in [-0.1, -0.05) is 0 Å². The van der Waals surface area contributed by atoms with Crippen molar-refractivity contribution in [3.05, 3.63) is 18.6 Å². The molecule has 0 bridgehead atoms. The Kier molecular flexibility index (Phi) is 3.97. The molecular formula is C14H19N9O. The Labute approximate surface area is 138 Å². The molecule has 0 radical (unpaired) electrons. The molecule has 126 valence electrons. The zero-order valence-corrected chi connectivity index (χ0v) is 13.1. The SMILES string of the molecule is Nc1nc(Nc2cnn(CCN3CCOCC3)c2)nc2[nH]ncc12. The molecule has 1 fully saturated rings. The van der Waals surface area contributed by atoms with E-state index in [9.17, 15) is 0 Å². The largest absolute Gasteiger partial charge is 0.383 e. The number of nitrogens with two attached hydrogens (primary N) is 1. The van der Waals surface area contributed by atoms with E-state index < -0.39 is 0 Å². The lowest BCUT2D eigenvalue weighted by atomic mass is 10.4. The predicted molar refractivity (Wildman–Crippen MR) is 88.9 cm³/mol. The second-order valence-electron chi connectivity index (χ2n) is 5.64. The highest BCUT2D eigenvalue weighted by molar-refractivity contribution is 5.85. The van der Waals surface area contributed by atoms with Crippen LogP contribution in [0, 0.1) is 0 Å². The molecule has 1 aliphatic heterocycles. The number of H-pyrrole nitrogens is 1. The van der Waals surface area contributed by atoms with Crippen molar-refractivity contribution in [1.29, 1.82) is 0 Å². The number of hydrogen-bond acceptors (Lipinski definition) is 8. The molecule has 1 saturated heterocycles. The van der Waals surface area contributed by atoms with Gasteiger partial charge in [0.15, 0.2) is 5.65 Å². The number of rotatable bonds is 5. The molecule has 4 rings (SSSR count). The van der Waals surface area contributed by atoms with E-state index in [0.717, 1.165) is 45.1 Å². The molecule has 0 aromatic carbocycles. The maximum atomic E-state index is 5.90. The highest BCUT2D eigenvalue weighted by Gasteiger charge is 2.11. The van der Waals surface area contributed by atoms with Gasteiger partial charge in [-0.3, -0.25) is 14.7 Å². The van der Waals surface area contributed by atoms with Crippen molar-refractivity contribution in [2.24, 2.45) is 0 Å². The fourth-order valence-corrected chi connectivity index (χ4v) is 2.66. The topological polar surface area (TPSA) is 123 Å². The van der Waals surface area contributed by atoms with Crippen LogP contribution in [-0.4, -0.2) is 67.7 Å². The third kappa shape index (κ3) is 3.14. The minimum absolute atomic E-state index is 0.385. The first kappa shape index (κ1) is 14.8. The number of hydrogen-bond donors (Lipinski definition) is 3. The average Bonchev–Trinajstić information content (AvgIpc) is 3.23. The third-order valence-electron chi connectivity index (χ3n) is 3.98. The van der Waals surface area contributed by atoms with Crippen molar-refractivity contribution >= 4 is 28.5 Å². The number of ether oxygens (including phenoxy) is 1. The van der Waals surface area contributed by atoms with Crippen LogP contribution in [0.5, 0.6) is 0 Å². The van der Waals surface area contributed by atoms with Crippen LogP contribution in [0.2, 0.25) is 0 Å². The number of anilines is 3.